The number of benzene rings is 1. The average molecular weight is 339 g/mol. The molecule has 2 N–H and O–H groups in total. The minimum Gasteiger partial charge on any atom is -0.463 e. The Morgan fingerprint density at radius 2 is 2.12 bits per heavy atom. The number of halogens is 3. The van der Waals surface area contributed by atoms with Gasteiger partial charge in [0.05, 0.1) is 24.1 Å². The third-order valence-electron chi connectivity index (χ3n) is 4.13. The van der Waals surface area contributed by atoms with Crippen LogP contribution < -0.4 is 10.7 Å². The maximum Gasteiger partial charge on any atom is 0.416 e. The Kier molecular flexibility index (Phi) is 3.98. The van der Waals surface area contributed by atoms with Gasteiger partial charge in [0, 0.05) is 11.5 Å². The molecule has 1 aromatic rings. The molecule has 0 saturated heterocycles. The topological polar surface area (TPSA) is 62.7 Å². The van der Waals surface area contributed by atoms with E-state index in [0.717, 1.165) is 12.5 Å². The summed E-state index contributed by atoms with van der Waals surface area (Å²) in [5, 5.41) is 6.81. The van der Waals surface area contributed by atoms with Crippen LogP contribution in [-0.4, -0.2) is 18.9 Å². The molecule has 1 heterocycles. The molecular weight excluding hydrogens is 323 g/mol. The number of carbonyl (C=O) groups is 1. The lowest BCUT2D eigenvalue weighted by atomic mass is 9.93. The second-order valence-electron chi connectivity index (χ2n) is 5.62. The second-order valence-corrected chi connectivity index (χ2v) is 5.62. The van der Waals surface area contributed by atoms with E-state index in [2.05, 4.69) is 20.6 Å². The minimum absolute atomic E-state index is 0.0285. The van der Waals surface area contributed by atoms with Crippen LogP contribution in [0.4, 0.5) is 13.2 Å². The van der Waals surface area contributed by atoms with Gasteiger partial charge in [0.15, 0.2) is 0 Å². The lowest BCUT2D eigenvalue weighted by molar-refractivity contribution is -0.137. The number of carbonyl (C=O) groups excluding carboxylic acids is 1. The molecule has 0 bridgehead atoms. The number of methoxy groups -OCH3 is 1. The third kappa shape index (κ3) is 2.61. The zero-order valence-corrected chi connectivity index (χ0v) is 13.1. The highest BCUT2D eigenvalue weighted by Gasteiger charge is 2.38. The molecule has 0 fully saturated rings. The van der Waals surface area contributed by atoms with Crippen LogP contribution in [0.3, 0.4) is 0 Å². The molecule has 128 valence electrons. The SMILES string of the molecule is CCC[C@@H]1C2=C(NC(C(=O)OC)=NN2)c2ccc(C(F)(F)F)cc21. The van der Waals surface area contributed by atoms with Crippen molar-refractivity contribution < 1.29 is 22.7 Å². The second kappa shape index (κ2) is 5.85. The van der Waals surface area contributed by atoms with E-state index in [4.69, 9.17) is 0 Å². The Hall–Kier alpha value is -2.51. The van der Waals surface area contributed by atoms with Crippen molar-refractivity contribution in [1.82, 2.24) is 10.7 Å². The van der Waals surface area contributed by atoms with E-state index in [1.165, 1.54) is 19.2 Å². The molecule has 1 aromatic carbocycles. The highest BCUT2D eigenvalue weighted by molar-refractivity contribution is 6.37. The smallest absolute Gasteiger partial charge is 0.416 e. The first-order valence-corrected chi connectivity index (χ1v) is 7.51. The van der Waals surface area contributed by atoms with E-state index < -0.39 is 17.7 Å². The number of amidine groups is 1. The van der Waals surface area contributed by atoms with E-state index in [1.807, 2.05) is 6.92 Å². The summed E-state index contributed by atoms with van der Waals surface area (Å²) in [5.41, 5.74) is 4.60. The van der Waals surface area contributed by atoms with Crippen molar-refractivity contribution in [1.29, 1.82) is 0 Å². The Bertz CT molecular complexity index is 753. The first kappa shape index (κ1) is 16.4. The lowest BCUT2D eigenvalue weighted by Crippen LogP contribution is -2.37. The van der Waals surface area contributed by atoms with Gasteiger partial charge in [-0.2, -0.15) is 13.2 Å². The molecular formula is C16H16F3N3O2. The molecule has 0 radical (unpaired) electrons. The summed E-state index contributed by atoms with van der Waals surface area (Å²) in [5.74, 6) is -0.904. The van der Waals surface area contributed by atoms with Crippen LogP contribution in [0.1, 0.15) is 42.4 Å². The monoisotopic (exact) mass is 339 g/mol. The molecule has 3 rings (SSSR count). The van der Waals surface area contributed by atoms with Crippen molar-refractivity contribution in [2.24, 2.45) is 5.10 Å². The zero-order valence-electron chi connectivity index (χ0n) is 13.1. The van der Waals surface area contributed by atoms with Crippen molar-refractivity contribution in [3.63, 3.8) is 0 Å². The molecule has 0 spiro atoms. The molecule has 1 atom stereocenters. The molecule has 2 aliphatic rings. The van der Waals surface area contributed by atoms with Crippen molar-refractivity contribution in [2.75, 3.05) is 7.11 Å². The van der Waals surface area contributed by atoms with E-state index in [9.17, 15) is 18.0 Å². The number of alkyl halides is 3. The summed E-state index contributed by atoms with van der Waals surface area (Å²) in [6.45, 7) is 1.96. The van der Waals surface area contributed by atoms with Gasteiger partial charge in [0.1, 0.15) is 0 Å². The van der Waals surface area contributed by atoms with Gasteiger partial charge in [-0.3, -0.25) is 5.43 Å². The molecule has 0 saturated carbocycles. The van der Waals surface area contributed by atoms with Crippen LogP contribution in [0.2, 0.25) is 0 Å². The van der Waals surface area contributed by atoms with E-state index in [-0.39, 0.29) is 11.8 Å². The molecule has 0 unspecified atom stereocenters. The van der Waals surface area contributed by atoms with Crippen molar-refractivity contribution in [2.45, 2.75) is 31.9 Å². The number of esters is 1. The summed E-state index contributed by atoms with van der Waals surface area (Å²) in [4.78, 5) is 11.6. The van der Waals surface area contributed by atoms with Crippen LogP contribution in [0, 0.1) is 0 Å². The van der Waals surface area contributed by atoms with E-state index in [1.54, 1.807) is 0 Å². The minimum atomic E-state index is -4.40. The fourth-order valence-corrected chi connectivity index (χ4v) is 3.04. The van der Waals surface area contributed by atoms with Crippen LogP contribution in [-0.2, 0) is 15.7 Å². The third-order valence-corrected chi connectivity index (χ3v) is 4.13. The van der Waals surface area contributed by atoms with E-state index in [0.29, 0.717) is 28.9 Å². The normalized spacial score (nSPS) is 19.0. The van der Waals surface area contributed by atoms with E-state index >= 15 is 0 Å². The van der Waals surface area contributed by atoms with Gasteiger partial charge in [0.25, 0.3) is 0 Å². The van der Waals surface area contributed by atoms with Crippen LogP contribution in [0.5, 0.6) is 0 Å². The number of ether oxygens (including phenoxy) is 1. The number of rotatable bonds is 3. The van der Waals surface area contributed by atoms with Crippen LogP contribution in [0.25, 0.3) is 5.70 Å². The van der Waals surface area contributed by atoms with Crippen molar-refractivity contribution in [3.8, 4) is 0 Å². The standard InChI is InChI=1S/C16H16F3N3O2/c1-3-4-9-11-7-8(16(17,18)19)5-6-10(11)12-13(9)21-22-14(20-12)15(23)24-2/h5-7,9,21H,3-4H2,1-2H3,(H,20,22)/t9-/m0/s1. The predicted molar refractivity (Wildman–Crippen MR) is 81.7 cm³/mol. The number of hydrazone groups is 1. The molecule has 1 aliphatic carbocycles. The largest absolute Gasteiger partial charge is 0.463 e. The fourth-order valence-electron chi connectivity index (χ4n) is 3.04. The Balaban J connectivity index is 2.02. The number of allylic oxidation sites excluding steroid dienone is 1. The molecule has 1 aliphatic heterocycles. The zero-order chi connectivity index (χ0) is 17.5. The summed E-state index contributed by atoms with van der Waals surface area (Å²) in [7, 11) is 1.23. The van der Waals surface area contributed by atoms with Gasteiger partial charge in [-0.15, -0.1) is 5.10 Å². The molecule has 24 heavy (non-hydrogen) atoms. The maximum atomic E-state index is 13.0. The predicted octanol–water partition coefficient (Wildman–Crippen LogP) is 2.95. The summed E-state index contributed by atoms with van der Waals surface area (Å²) < 4.78 is 43.7. The lowest BCUT2D eigenvalue weighted by Gasteiger charge is -2.20. The Labute approximate surface area is 136 Å². The van der Waals surface area contributed by atoms with Gasteiger partial charge in [0.2, 0.25) is 5.84 Å². The number of nitrogens with zero attached hydrogens (tertiary/aromatic N) is 1. The summed E-state index contributed by atoms with van der Waals surface area (Å²) in [6, 6.07) is 3.65. The van der Waals surface area contributed by atoms with Crippen molar-refractivity contribution in [3.05, 3.63) is 40.6 Å². The average Bonchev–Trinajstić information content (AvgIpc) is 2.86. The van der Waals surface area contributed by atoms with Crippen LogP contribution in [0.15, 0.2) is 29.0 Å². The molecule has 0 aromatic heterocycles. The summed E-state index contributed by atoms with van der Waals surface area (Å²) in [6.07, 6.45) is -2.93. The summed E-state index contributed by atoms with van der Waals surface area (Å²) >= 11 is 0. The van der Waals surface area contributed by atoms with Gasteiger partial charge >= 0.3 is 12.1 Å². The van der Waals surface area contributed by atoms with Gasteiger partial charge in [-0.25, -0.2) is 4.79 Å². The first-order valence-electron chi connectivity index (χ1n) is 7.51. The number of hydrogen-bond donors (Lipinski definition) is 2. The molecule has 0 amide bonds. The van der Waals surface area contributed by atoms with Gasteiger partial charge in [-0.05, 0) is 24.1 Å². The highest BCUT2D eigenvalue weighted by Crippen LogP contribution is 2.45. The quantitative estimate of drug-likeness (QED) is 0.831. The van der Waals surface area contributed by atoms with Gasteiger partial charge in [-0.1, -0.05) is 19.4 Å². The Morgan fingerprint density at radius 1 is 1.38 bits per heavy atom. The maximum absolute atomic E-state index is 13.0. The number of fused-ring (bicyclic) bond motifs is 2. The first-order chi connectivity index (χ1) is 11.4. The highest BCUT2D eigenvalue weighted by atomic mass is 19.4. The number of hydrogen-bond acceptors (Lipinski definition) is 5. The number of nitrogens with one attached hydrogen (secondary N) is 2. The van der Waals surface area contributed by atoms with Crippen molar-refractivity contribution >= 4 is 17.5 Å². The molecule has 8 heteroatoms. The fraction of sp³-hybridized carbons (Fsp3) is 0.375. The van der Waals surface area contributed by atoms with Crippen LogP contribution >= 0.6 is 0 Å². The van der Waals surface area contributed by atoms with Gasteiger partial charge < -0.3 is 10.1 Å². The molecule has 5 nitrogen and oxygen atoms in total. The Morgan fingerprint density at radius 3 is 2.75 bits per heavy atom.